The Bertz CT molecular complexity index is 290. The van der Waals surface area contributed by atoms with Crippen molar-refractivity contribution in [2.24, 2.45) is 0 Å². The molecule has 0 radical (unpaired) electrons. The molecule has 1 fully saturated rings. The van der Waals surface area contributed by atoms with Crippen LogP contribution < -0.4 is 0 Å². The van der Waals surface area contributed by atoms with Gasteiger partial charge >= 0.3 is 0 Å². The normalized spacial score (nSPS) is 16.5. The molecule has 12 heavy (non-hydrogen) atoms. The van der Waals surface area contributed by atoms with Crippen LogP contribution in [-0.2, 0) is 6.42 Å². The highest BCUT2D eigenvalue weighted by Crippen LogP contribution is 2.40. The van der Waals surface area contributed by atoms with Gasteiger partial charge in [0.1, 0.15) is 6.33 Å². The number of aryl methyl sites for hydroxylation is 1. The monoisotopic (exact) mass is 162 g/mol. The van der Waals surface area contributed by atoms with Crippen LogP contribution in [-0.4, -0.2) is 9.97 Å². The van der Waals surface area contributed by atoms with Crippen LogP contribution in [0.25, 0.3) is 0 Å². The highest BCUT2D eigenvalue weighted by molar-refractivity contribution is 5.29. The van der Waals surface area contributed by atoms with E-state index >= 15 is 0 Å². The number of rotatable bonds is 2. The fourth-order valence-corrected chi connectivity index (χ4v) is 1.66. The Morgan fingerprint density at radius 2 is 2.17 bits per heavy atom. The van der Waals surface area contributed by atoms with Gasteiger partial charge in [-0.1, -0.05) is 6.92 Å². The average Bonchev–Trinajstić information content (AvgIpc) is 2.86. The van der Waals surface area contributed by atoms with Crippen LogP contribution >= 0.6 is 0 Å². The lowest BCUT2D eigenvalue weighted by Crippen LogP contribution is -2.00. The van der Waals surface area contributed by atoms with E-state index in [1.54, 1.807) is 6.33 Å². The zero-order chi connectivity index (χ0) is 8.55. The van der Waals surface area contributed by atoms with E-state index in [0.717, 1.165) is 18.0 Å². The maximum atomic E-state index is 4.36. The Balaban J connectivity index is 2.43. The molecule has 1 aromatic rings. The molecule has 2 nitrogen and oxygen atoms in total. The van der Waals surface area contributed by atoms with E-state index in [0.29, 0.717) is 0 Å². The van der Waals surface area contributed by atoms with Crippen LogP contribution in [0.5, 0.6) is 0 Å². The van der Waals surface area contributed by atoms with Gasteiger partial charge in [0.2, 0.25) is 0 Å². The van der Waals surface area contributed by atoms with Gasteiger partial charge in [0.25, 0.3) is 0 Å². The molecule has 0 atom stereocenters. The van der Waals surface area contributed by atoms with Crippen LogP contribution in [0.15, 0.2) is 6.33 Å². The molecule has 0 bridgehead atoms. The zero-order valence-corrected chi connectivity index (χ0v) is 7.67. The van der Waals surface area contributed by atoms with Gasteiger partial charge in [-0.15, -0.1) is 0 Å². The fraction of sp³-hybridized carbons (Fsp3) is 0.600. The van der Waals surface area contributed by atoms with Gasteiger partial charge in [-0.25, -0.2) is 9.97 Å². The maximum Gasteiger partial charge on any atom is 0.115 e. The van der Waals surface area contributed by atoms with Gasteiger partial charge in [-0.05, 0) is 31.7 Å². The average molecular weight is 162 g/mol. The predicted molar refractivity (Wildman–Crippen MR) is 48.1 cm³/mol. The Morgan fingerprint density at radius 3 is 2.75 bits per heavy atom. The van der Waals surface area contributed by atoms with Gasteiger partial charge in [0, 0.05) is 11.6 Å². The summed E-state index contributed by atoms with van der Waals surface area (Å²) in [5, 5.41) is 0. The highest BCUT2D eigenvalue weighted by Gasteiger charge is 2.27. The summed E-state index contributed by atoms with van der Waals surface area (Å²) in [6.07, 6.45) is 5.41. The summed E-state index contributed by atoms with van der Waals surface area (Å²) < 4.78 is 0. The van der Waals surface area contributed by atoms with Crippen molar-refractivity contribution in [2.45, 2.75) is 39.0 Å². The molecule has 1 heterocycles. The molecule has 64 valence electrons. The third kappa shape index (κ3) is 1.22. The largest absolute Gasteiger partial charge is 0.241 e. The number of nitrogens with zero attached hydrogens (tertiary/aromatic N) is 2. The molecule has 2 heteroatoms. The van der Waals surface area contributed by atoms with E-state index in [4.69, 9.17) is 0 Å². The lowest BCUT2D eigenvalue weighted by Gasteiger charge is -2.06. The van der Waals surface area contributed by atoms with Crippen molar-refractivity contribution >= 4 is 0 Å². The SMILES string of the molecule is CCc1c(C)ncnc1C1CC1. The zero-order valence-electron chi connectivity index (χ0n) is 7.67. The second-order valence-corrected chi connectivity index (χ2v) is 3.45. The minimum atomic E-state index is 0.752. The van der Waals surface area contributed by atoms with Crippen molar-refractivity contribution in [1.82, 2.24) is 9.97 Å². The van der Waals surface area contributed by atoms with E-state index in [1.807, 2.05) is 0 Å². The second kappa shape index (κ2) is 2.85. The number of hydrogen-bond acceptors (Lipinski definition) is 2. The first-order chi connectivity index (χ1) is 5.83. The Kier molecular flexibility index (Phi) is 1.83. The Morgan fingerprint density at radius 1 is 1.42 bits per heavy atom. The summed E-state index contributed by atoms with van der Waals surface area (Å²) >= 11 is 0. The van der Waals surface area contributed by atoms with E-state index in [-0.39, 0.29) is 0 Å². The summed E-state index contributed by atoms with van der Waals surface area (Å²) in [5.41, 5.74) is 3.85. The topological polar surface area (TPSA) is 25.8 Å². The summed E-state index contributed by atoms with van der Waals surface area (Å²) in [5.74, 6) is 0.752. The molecule has 0 amide bonds. The standard InChI is InChI=1S/C10H14N2/c1-3-9-7(2)11-6-12-10(9)8-4-5-8/h6,8H,3-5H2,1-2H3. The first-order valence-electron chi connectivity index (χ1n) is 4.63. The molecule has 0 N–H and O–H groups in total. The van der Waals surface area contributed by atoms with Crippen LogP contribution in [0.2, 0.25) is 0 Å². The maximum absolute atomic E-state index is 4.36. The van der Waals surface area contributed by atoms with Gasteiger partial charge in [0.15, 0.2) is 0 Å². The minimum Gasteiger partial charge on any atom is -0.241 e. The number of aromatic nitrogens is 2. The molecule has 0 aromatic carbocycles. The molecule has 1 aliphatic rings. The van der Waals surface area contributed by atoms with E-state index in [2.05, 4.69) is 23.8 Å². The number of hydrogen-bond donors (Lipinski definition) is 0. The van der Waals surface area contributed by atoms with Crippen LogP contribution in [0.3, 0.4) is 0 Å². The smallest absolute Gasteiger partial charge is 0.115 e. The van der Waals surface area contributed by atoms with Crippen molar-refractivity contribution in [3.05, 3.63) is 23.3 Å². The van der Waals surface area contributed by atoms with Crippen molar-refractivity contribution < 1.29 is 0 Å². The molecule has 0 saturated heterocycles. The molecule has 0 aliphatic heterocycles. The first kappa shape index (κ1) is 7.71. The van der Waals surface area contributed by atoms with Crippen molar-refractivity contribution in [2.75, 3.05) is 0 Å². The van der Waals surface area contributed by atoms with E-state index in [1.165, 1.54) is 24.1 Å². The van der Waals surface area contributed by atoms with Gasteiger partial charge < -0.3 is 0 Å². The molecule has 2 rings (SSSR count). The summed E-state index contributed by atoms with van der Waals surface area (Å²) in [7, 11) is 0. The van der Waals surface area contributed by atoms with Crippen molar-refractivity contribution in [3.8, 4) is 0 Å². The van der Waals surface area contributed by atoms with Crippen LogP contribution in [0.4, 0.5) is 0 Å². The lowest BCUT2D eigenvalue weighted by atomic mass is 10.1. The Hall–Kier alpha value is -0.920. The molecular weight excluding hydrogens is 148 g/mol. The second-order valence-electron chi connectivity index (χ2n) is 3.45. The van der Waals surface area contributed by atoms with Crippen LogP contribution in [0, 0.1) is 6.92 Å². The van der Waals surface area contributed by atoms with Crippen molar-refractivity contribution in [1.29, 1.82) is 0 Å². The first-order valence-corrected chi connectivity index (χ1v) is 4.63. The minimum absolute atomic E-state index is 0.752. The third-order valence-electron chi connectivity index (χ3n) is 2.51. The van der Waals surface area contributed by atoms with Gasteiger partial charge in [0.05, 0.1) is 5.69 Å². The van der Waals surface area contributed by atoms with Gasteiger partial charge in [-0.2, -0.15) is 0 Å². The summed E-state index contributed by atoms with van der Waals surface area (Å²) in [6, 6.07) is 0. The molecule has 0 spiro atoms. The molecular formula is C10H14N2. The fourth-order valence-electron chi connectivity index (χ4n) is 1.66. The summed E-state index contributed by atoms with van der Waals surface area (Å²) in [6.45, 7) is 4.25. The van der Waals surface area contributed by atoms with E-state index in [9.17, 15) is 0 Å². The van der Waals surface area contributed by atoms with Gasteiger partial charge in [-0.3, -0.25) is 0 Å². The molecule has 1 saturated carbocycles. The van der Waals surface area contributed by atoms with Crippen LogP contribution in [0.1, 0.15) is 42.6 Å². The Labute approximate surface area is 73.1 Å². The van der Waals surface area contributed by atoms with E-state index < -0.39 is 0 Å². The molecule has 0 unspecified atom stereocenters. The molecule has 1 aromatic heterocycles. The van der Waals surface area contributed by atoms with Crippen molar-refractivity contribution in [3.63, 3.8) is 0 Å². The predicted octanol–water partition coefficient (Wildman–Crippen LogP) is 2.22. The summed E-state index contributed by atoms with van der Waals surface area (Å²) in [4.78, 5) is 8.57. The molecule has 1 aliphatic carbocycles. The quantitative estimate of drug-likeness (QED) is 0.666. The lowest BCUT2D eigenvalue weighted by molar-refractivity contribution is 0.896. The highest BCUT2D eigenvalue weighted by atomic mass is 14.8. The third-order valence-corrected chi connectivity index (χ3v) is 2.51.